The molecule has 0 bridgehead atoms. The molecule has 9 heteroatoms. The van der Waals surface area contributed by atoms with Gasteiger partial charge in [0, 0.05) is 38.9 Å². The van der Waals surface area contributed by atoms with Gasteiger partial charge in [-0.1, -0.05) is 36.4 Å². The van der Waals surface area contributed by atoms with E-state index in [9.17, 15) is 23.9 Å². The van der Waals surface area contributed by atoms with Crippen molar-refractivity contribution in [2.75, 3.05) is 5.32 Å². The fraction of sp³-hybridized carbons (Fsp3) is 0.0312. The molecule has 0 aliphatic rings. The molecular formula is C32H23FN2O5S. The highest BCUT2D eigenvalue weighted by molar-refractivity contribution is 7.98. The Morgan fingerprint density at radius 2 is 1.68 bits per heavy atom. The SMILES string of the molecule is O=C(Nc1cccc(SCc2cc3ccc(O)cc3oc2=O)c1)/C(=C/c1ccc(F)cc1)NC(=O)c1ccccc1. The first-order chi connectivity index (χ1) is 19.8. The first-order valence-electron chi connectivity index (χ1n) is 12.5. The van der Waals surface area contributed by atoms with Crippen LogP contribution in [0.25, 0.3) is 17.0 Å². The van der Waals surface area contributed by atoms with E-state index in [-0.39, 0.29) is 11.4 Å². The summed E-state index contributed by atoms with van der Waals surface area (Å²) in [6.07, 6.45) is 1.47. The van der Waals surface area contributed by atoms with Gasteiger partial charge in [0.1, 0.15) is 22.8 Å². The van der Waals surface area contributed by atoms with Crippen LogP contribution in [0.1, 0.15) is 21.5 Å². The number of hydrogen-bond donors (Lipinski definition) is 3. The summed E-state index contributed by atoms with van der Waals surface area (Å²) < 4.78 is 18.7. The van der Waals surface area contributed by atoms with Crippen LogP contribution in [0.4, 0.5) is 10.1 Å². The fourth-order valence-electron chi connectivity index (χ4n) is 3.93. The van der Waals surface area contributed by atoms with Gasteiger partial charge in [0.25, 0.3) is 11.8 Å². The predicted octanol–water partition coefficient (Wildman–Crippen LogP) is 6.34. The molecule has 0 saturated heterocycles. The van der Waals surface area contributed by atoms with Crippen LogP contribution in [0.5, 0.6) is 5.75 Å². The third-order valence-electron chi connectivity index (χ3n) is 5.99. The second kappa shape index (κ2) is 12.4. The maximum Gasteiger partial charge on any atom is 0.340 e. The summed E-state index contributed by atoms with van der Waals surface area (Å²) in [6, 6.07) is 27.4. The molecule has 41 heavy (non-hydrogen) atoms. The summed E-state index contributed by atoms with van der Waals surface area (Å²) in [4.78, 5) is 39.3. The van der Waals surface area contributed by atoms with Crippen LogP contribution < -0.4 is 16.3 Å². The summed E-state index contributed by atoms with van der Waals surface area (Å²) in [5, 5.41) is 15.8. The number of benzene rings is 4. The number of fused-ring (bicyclic) bond motifs is 1. The van der Waals surface area contributed by atoms with Gasteiger partial charge in [0.2, 0.25) is 0 Å². The molecule has 5 aromatic rings. The van der Waals surface area contributed by atoms with Crippen molar-refractivity contribution < 1.29 is 23.5 Å². The third-order valence-corrected chi connectivity index (χ3v) is 7.03. The number of carbonyl (C=O) groups is 2. The molecule has 204 valence electrons. The van der Waals surface area contributed by atoms with Gasteiger partial charge in [0.15, 0.2) is 0 Å². The van der Waals surface area contributed by atoms with E-state index in [1.54, 1.807) is 60.7 Å². The lowest BCUT2D eigenvalue weighted by Crippen LogP contribution is -2.30. The molecule has 0 saturated carbocycles. The molecule has 1 heterocycles. The molecule has 2 amide bonds. The van der Waals surface area contributed by atoms with Gasteiger partial charge in [-0.3, -0.25) is 9.59 Å². The van der Waals surface area contributed by atoms with E-state index in [0.717, 1.165) is 4.90 Å². The highest BCUT2D eigenvalue weighted by Crippen LogP contribution is 2.26. The van der Waals surface area contributed by atoms with E-state index in [1.807, 2.05) is 6.07 Å². The Hall–Kier alpha value is -5.15. The standard InChI is InChI=1S/C32H23FN2O5S/c33-24-12-9-20(10-13-24)15-28(35-30(37)21-5-2-1-3-6-21)31(38)34-25-7-4-8-27(17-25)41-19-23-16-22-11-14-26(36)18-29(22)40-32(23)39/h1-18,36H,19H2,(H,34,38)(H,35,37)/b28-15-. The zero-order chi connectivity index (χ0) is 28.8. The second-order valence-corrected chi connectivity index (χ2v) is 10.0. The fourth-order valence-corrected chi connectivity index (χ4v) is 4.84. The van der Waals surface area contributed by atoms with Crippen molar-refractivity contribution in [3.05, 3.63) is 142 Å². The van der Waals surface area contributed by atoms with Gasteiger partial charge in [-0.15, -0.1) is 11.8 Å². The number of rotatable bonds is 8. The monoisotopic (exact) mass is 566 g/mol. The molecule has 0 fully saturated rings. The zero-order valence-corrected chi connectivity index (χ0v) is 22.3. The molecule has 4 aromatic carbocycles. The Balaban J connectivity index is 1.33. The van der Waals surface area contributed by atoms with E-state index in [1.165, 1.54) is 54.2 Å². The van der Waals surface area contributed by atoms with Gasteiger partial charge in [0.05, 0.1) is 0 Å². The lowest BCUT2D eigenvalue weighted by atomic mass is 10.1. The molecule has 0 unspecified atom stereocenters. The van der Waals surface area contributed by atoms with Crippen molar-refractivity contribution in [3.8, 4) is 5.75 Å². The molecule has 0 spiro atoms. The van der Waals surface area contributed by atoms with Crippen LogP contribution >= 0.6 is 11.8 Å². The van der Waals surface area contributed by atoms with Gasteiger partial charge in [-0.2, -0.15) is 0 Å². The number of thioether (sulfide) groups is 1. The summed E-state index contributed by atoms with van der Waals surface area (Å²) in [5.74, 6) is -1.13. The van der Waals surface area contributed by atoms with Crippen molar-refractivity contribution in [3.63, 3.8) is 0 Å². The number of amides is 2. The summed E-state index contributed by atoms with van der Waals surface area (Å²) in [7, 11) is 0. The number of aromatic hydroxyl groups is 1. The van der Waals surface area contributed by atoms with E-state index >= 15 is 0 Å². The van der Waals surface area contributed by atoms with E-state index < -0.39 is 23.3 Å². The van der Waals surface area contributed by atoms with Crippen LogP contribution in [0, 0.1) is 5.82 Å². The molecule has 0 aliphatic heterocycles. The number of nitrogens with one attached hydrogen (secondary N) is 2. The van der Waals surface area contributed by atoms with Gasteiger partial charge < -0.3 is 20.2 Å². The number of anilines is 1. The van der Waals surface area contributed by atoms with Crippen LogP contribution in [-0.2, 0) is 10.5 Å². The molecule has 3 N–H and O–H groups in total. The first-order valence-corrected chi connectivity index (χ1v) is 13.5. The Morgan fingerprint density at radius 3 is 2.46 bits per heavy atom. The highest BCUT2D eigenvalue weighted by Gasteiger charge is 2.16. The summed E-state index contributed by atoms with van der Waals surface area (Å²) >= 11 is 1.38. The minimum absolute atomic E-state index is 0.0111. The summed E-state index contributed by atoms with van der Waals surface area (Å²) in [5.41, 5.74) is 1.61. The lowest BCUT2D eigenvalue weighted by molar-refractivity contribution is -0.113. The van der Waals surface area contributed by atoms with E-state index in [2.05, 4.69) is 10.6 Å². The average molecular weight is 567 g/mol. The van der Waals surface area contributed by atoms with E-state index in [4.69, 9.17) is 4.42 Å². The minimum atomic E-state index is -0.570. The van der Waals surface area contributed by atoms with Gasteiger partial charge >= 0.3 is 5.63 Å². The molecule has 0 radical (unpaired) electrons. The maximum atomic E-state index is 13.4. The number of phenolic OH excluding ortho intramolecular Hbond substituents is 1. The molecule has 7 nitrogen and oxygen atoms in total. The molecule has 1 aromatic heterocycles. The maximum absolute atomic E-state index is 13.4. The van der Waals surface area contributed by atoms with Crippen molar-refractivity contribution in [2.24, 2.45) is 0 Å². The molecular weight excluding hydrogens is 543 g/mol. The Bertz CT molecular complexity index is 1820. The normalized spacial score (nSPS) is 11.3. The molecule has 5 rings (SSSR count). The van der Waals surface area contributed by atoms with Crippen molar-refractivity contribution >= 4 is 46.3 Å². The molecule has 0 aliphatic carbocycles. The highest BCUT2D eigenvalue weighted by atomic mass is 32.2. The van der Waals surface area contributed by atoms with Crippen LogP contribution in [0.2, 0.25) is 0 Å². The smallest absolute Gasteiger partial charge is 0.340 e. The van der Waals surface area contributed by atoms with Crippen molar-refractivity contribution in [2.45, 2.75) is 10.6 Å². The quantitative estimate of drug-likeness (QED) is 0.115. The van der Waals surface area contributed by atoms with Crippen LogP contribution in [0.15, 0.2) is 123 Å². The Labute approximate surface area is 238 Å². The topological polar surface area (TPSA) is 109 Å². The van der Waals surface area contributed by atoms with Gasteiger partial charge in [-0.25, -0.2) is 9.18 Å². The van der Waals surface area contributed by atoms with Crippen molar-refractivity contribution in [1.29, 1.82) is 0 Å². The number of hydrogen-bond acceptors (Lipinski definition) is 6. The van der Waals surface area contributed by atoms with Gasteiger partial charge in [-0.05, 0) is 72.3 Å². The summed E-state index contributed by atoms with van der Waals surface area (Å²) in [6.45, 7) is 0. The average Bonchev–Trinajstić information content (AvgIpc) is 2.97. The minimum Gasteiger partial charge on any atom is -0.508 e. The second-order valence-electron chi connectivity index (χ2n) is 8.98. The van der Waals surface area contributed by atoms with Crippen molar-refractivity contribution in [1.82, 2.24) is 5.32 Å². The predicted molar refractivity (Wildman–Crippen MR) is 157 cm³/mol. The zero-order valence-electron chi connectivity index (χ0n) is 21.5. The van der Waals surface area contributed by atoms with Crippen LogP contribution in [0.3, 0.4) is 0 Å². The van der Waals surface area contributed by atoms with Crippen LogP contribution in [-0.4, -0.2) is 16.9 Å². The third kappa shape index (κ3) is 7.09. The largest absolute Gasteiger partial charge is 0.508 e. The number of phenols is 1. The Morgan fingerprint density at radius 1 is 0.902 bits per heavy atom. The number of halogens is 1. The Kier molecular flexibility index (Phi) is 8.26. The lowest BCUT2D eigenvalue weighted by Gasteiger charge is -2.12. The first kappa shape index (κ1) is 27.4. The van der Waals surface area contributed by atoms with E-state index in [0.29, 0.717) is 39.1 Å². The molecule has 0 atom stereocenters. The number of carbonyl (C=O) groups excluding carboxylic acids is 2.